The highest BCUT2D eigenvalue weighted by Gasteiger charge is 2.09. The van der Waals surface area contributed by atoms with E-state index < -0.39 is 0 Å². The molecule has 0 fully saturated rings. The van der Waals surface area contributed by atoms with E-state index in [9.17, 15) is 0 Å². The van der Waals surface area contributed by atoms with Crippen LogP contribution in [0.25, 0.3) is 0 Å². The number of ether oxygens (including phenoxy) is 2. The summed E-state index contributed by atoms with van der Waals surface area (Å²) in [6.45, 7) is 6.56. The summed E-state index contributed by atoms with van der Waals surface area (Å²) >= 11 is 0. The summed E-state index contributed by atoms with van der Waals surface area (Å²) < 4.78 is 10.7. The highest BCUT2D eigenvalue weighted by Crippen LogP contribution is 2.24. The third-order valence-electron chi connectivity index (χ3n) is 2.63. The molecule has 0 aromatic heterocycles. The summed E-state index contributed by atoms with van der Waals surface area (Å²) in [5.74, 6) is 0.945. The lowest BCUT2D eigenvalue weighted by atomic mass is 10.1. The Morgan fingerprint density at radius 1 is 1.24 bits per heavy atom. The van der Waals surface area contributed by atoms with Gasteiger partial charge < -0.3 is 14.8 Å². The van der Waals surface area contributed by atoms with Crippen molar-refractivity contribution in [2.24, 2.45) is 0 Å². The molecule has 0 aliphatic rings. The summed E-state index contributed by atoms with van der Waals surface area (Å²) in [5, 5.41) is 3.47. The SMILES string of the molecule is CCCNC(C)c1ccccc1OCCOC. The first kappa shape index (κ1) is 14.0. The molecule has 0 saturated heterocycles. The Labute approximate surface area is 104 Å². The van der Waals surface area contributed by atoms with Gasteiger partial charge in [-0.3, -0.25) is 0 Å². The molecule has 0 heterocycles. The third kappa shape index (κ3) is 4.75. The number of para-hydroxylation sites is 1. The maximum atomic E-state index is 5.71. The molecule has 96 valence electrons. The van der Waals surface area contributed by atoms with Gasteiger partial charge in [0, 0.05) is 18.7 Å². The summed E-state index contributed by atoms with van der Waals surface area (Å²) in [5.41, 5.74) is 1.21. The van der Waals surface area contributed by atoms with Gasteiger partial charge >= 0.3 is 0 Å². The zero-order chi connectivity index (χ0) is 12.5. The molecular weight excluding hydrogens is 214 g/mol. The number of hydrogen-bond acceptors (Lipinski definition) is 3. The van der Waals surface area contributed by atoms with Gasteiger partial charge in [0.1, 0.15) is 12.4 Å². The largest absolute Gasteiger partial charge is 0.491 e. The lowest BCUT2D eigenvalue weighted by Gasteiger charge is -2.18. The Hall–Kier alpha value is -1.06. The second kappa shape index (κ2) is 8.09. The van der Waals surface area contributed by atoms with Crippen LogP contribution in [0.3, 0.4) is 0 Å². The minimum Gasteiger partial charge on any atom is -0.491 e. The minimum atomic E-state index is 0.314. The Balaban J connectivity index is 2.62. The summed E-state index contributed by atoms with van der Waals surface area (Å²) in [7, 11) is 1.68. The average molecular weight is 237 g/mol. The van der Waals surface area contributed by atoms with Crippen molar-refractivity contribution in [2.75, 3.05) is 26.9 Å². The number of benzene rings is 1. The predicted octanol–water partition coefficient (Wildman–Crippen LogP) is 2.77. The molecule has 3 heteroatoms. The van der Waals surface area contributed by atoms with Crippen LogP contribution in [0, 0.1) is 0 Å². The van der Waals surface area contributed by atoms with E-state index in [0.717, 1.165) is 18.7 Å². The fraction of sp³-hybridized carbons (Fsp3) is 0.571. The van der Waals surface area contributed by atoms with Gasteiger partial charge in [-0.25, -0.2) is 0 Å². The van der Waals surface area contributed by atoms with Crippen LogP contribution in [0.2, 0.25) is 0 Å². The fourth-order valence-electron chi connectivity index (χ4n) is 1.68. The molecule has 0 radical (unpaired) electrons. The Morgan fingerprint density at radius 3 is 2.71 bits per heavy atom. The highest BCUT2D eigenvalue weighted by atomic mass is 16.5. The fourth-order valence-corrected chi connectivity index (χ4v) is 1.68. The van der Waals surface area contributed by atoms with Crippen LogP contribution in [-0.2, 0) is 4.74 Å². The van der Waals surface area contributed by atoms with Gasteiger partial charge in [0.05, 0.1) is 6.61 Å². The van der Waals surface area contributed by atoms with E-state index >= 15 is 0 Å². The van der Waals surface area contributed by atoms with Crippen LogP contribution in [0.4, 0.5) is 0 Å². The first-order valence-corrected chi connectivity index (χ1v) is 6.23. The Kier molecular flexibility index (Phi) is 6.67. The molecule has 0 saturated carbocycles. The molecule has 0 aliphatic carbocycles. The molecular formula is C14H23NO2. The molecule has 3 nitrogen and oxygen atoms in total. The van der Waals surface area contributed by atoms with Crippen molar-refractivity contribution in [1.29, 1.82) is 0 Å². The first-order chi connectivity index (χ1) is 8.29. The molecule has 17 heavy (non-hydrogen) atoms. The van der Waals surface area contributed by atoms with Gasteiger partial charge in [0.25, 0.3) is 0 Å². The van der Waals surface area contributed by atoms with Crippen molar-refractivity contribution < 1.29 is 9.47 Å². The predicted molar refractivity (Wildman–Crippen MR) is 70.5 cm³/mol. The molecule has 1 unspecified atom stereocenters. The summed E-state index contributed by atoms with van der Waals surface area (Å²) in [6, 6.07) is 8.47. The topological polar surface area (TPSA) is 30.5 Å². The number of hydrogen-bond donors (Lipinski definition) is 1. The molecule has 0 bridgehead atoms. The minimum absolute atomic E-state index is 0.314. The normalized spacial score (nSPS) is 12.4. The molecule has 0 spiro atoms. The molecule has 1 N–H and O–H groups in total. The van der Waals surface area contributed by atoms with E-state index in [1.54, 1.807) is 7.11 Å². The van der Waals surface area contributed by atoms with Crippen LogP contribution in [0.5, 0.6) is 5.75 Å². The smallest absolute Gasteiger partial charge is 0.124 e. The summed E-state index contributed by atoms with van der Waals surface area (Å²) in [4.78, 5) is 0. The molecule has 1 aromatic rings. The number of nitrogens with one attached hydrogen (secondary N) is 1. The maximum absolute atomic E-state index is 5.71. The van der Waals surface area contributed by atoms with Gasteiger partial charge in [-0.15, -0.1) is 0 Å². The van der Waals surface area contributed by atoms with Crippen molar-refractivity contribution in [3.63, 3.8) is 0 Å². The van der Waals surface area contributed by atoms with E-state index in [4.69, 9.17) is 9.47 Å². The lowest BCUT2D eigenvalue weighted by Crippen LogP contribution is -2.20. The Morgan fingerprint density at radius 2 is 2.00 bits per heavy atom. The Bertz CT molecular complexity index is 315. The molecule has 0 aliphatic heterocycles. The van der Waals surface area contributed by atoms with Crippen molar-refractivity contribution in [1.82, 2.24) is 5.32 Å². The van der Waals surface area contributed by atoms with Crippen LogP contribution >= 0.6 is 0 Å². The quantitative estimate of drug-likeness (QED) is 0.705. The second-order valence-electron chi connectivity index (χ2n) is 4.05. The number of methoxy groups -OCH3 is 1. The van der Waals surface area contributed by atoms with Crippen molar-refractivity contribution >= 4 is 0 Å². The van der Waals surface area contributed by atoms with Crippen LogP contribution in [0.15, 0.2) is 24.3 Å². The van der Waals surface area contributed by atoms with Gasteiger partial charge in [-0.05, 0) is 26.0 Å². The lowest BCUT2D eigenvalue weighted by molar-refractivity contribution is 0.145. The van der Waals surface area contributed by atoms with Crippen LogP contribution in [0.1, 0.15) is 31.9 Å². The molecule has 0 amide bonds. The van der Waals surface area contributed by atoms with Gasteiger partial charge in [-0.1, -0.05) is 25.1 Å². The zero-order valence-corrected chi connectivity index (χ0v) is 11.0. The molecule has 1 aromatic carbocycles. The van der Waals surface area contributed by atoms with E-state index in [1.807, 2.05) is 18.2 Å². The monoisotopic (exact) mass is 237 g/mol. The van der Waals surface area contributed by atoms with Gasteiger partial charge in [-0.2, -0.15) is 0 Å². The van der Waals surface area contributed by atoms with Crippen LogP contribution in [-0.4, -0.2) is 26.9 Å². The zero-order valence-electron chi connectivity index (χ0n) is 11.0. The number of rotatable bonds is 8. The third-order valence-corrected chi connectivity index (χ3v) is 2.63. The average Bonchev–Trinajstić information content (AvgIpc) is 2.37. The standard InChI is InChI=1S/C14H23NO2/c1-4-9-15-12(2)13-7-5-6-8-14(13)17-11-10-16-3/h5-8,12,15H,4,9-11H2,1-3H3. The van der Waals surface area contributed by atoms with Crippen molar-refractivity contribution in [2.45, 2.75) is 26.3 Å². The van der Waals surface area contributed by atoms with Crippen LogP contribution < -0.4 is 10.1 Å². The van der Waals surface area contributed by atoms with Gasteiger partial charge in [0.2, 0.25) is 0 Å². The molecule has 1 atom stereocenters. The molecule has 1 rings (SSSR count). The van der Waals surface area contributed by atoms with Crippen molar-refractivity contribution in [3.8, 4) is 5.75 Å². The highest BCUT2D eigenvalue weighted by molar-refractivity contribution is 5.35. The van der Waals surface area contributed by atoms with E-state index in [2.05, 4.69) is 25.2 Å². The second-order valence-corrected chi connectivity index (χ2v) is 4.05. The maximum Gasteiger partial charge on any atom is 0.124 e. The van der Waals surface area contributed by atoms with Crippen molar-refractivity contribution in [3.05, 3.63) is 29.8 Å². The van der Waals surface area contributed by atoms with Gasteiger partial charge in [0.15, 0.2) is 0 Å². The summed E-state index contributed by atoms with van der Waals surface area (Å²) in [6.07, 6.45) is 1.14. The van der Waals surface area contributed by atoms with E-state index in [0.29, 0.717) is 19.3 Å². The first-order valence-electron chi connectivity index (χ1n) is 6.23. The van der Waals surface area contributed by atoms with E-state index in [-0.39, 0.29) is 0 Å². The van der Waals surface area contributed by atoms with E-state index in [1.165, 1.54) is 5.56 Å².